The summed E-state index contributed by atoms with van der Waals surface area (Å²) >= 11 is 0. The second kappa shape index (κ2) is 7.00. The van der Waals surface area contributed by atoms with Gasteiger partial charge in [-0.1, -0.05) is 12.1 Å². The zero-order valence-electron chi connectivity index (χ0n) is 13.0. The molecule has 1 saturated carbocycles. The molecule has 2 amide bonds. The Kier molecular flexibility index (Phi) is 4.81. The number of benzene rings is 1. The first-order chi connectivity index (χ1) is 11.1. The highest BCUT2D eigenvalue weighted by atomic mass is 16.5. The van der Waals surface area contributed by atoms with Crippen molar-refractivity contribution in [3.63, 3.8) is 0 Å². The van der Waals surface area contributed by atoms with Crippen LogP contribution in [0.3, 0.4) is 0 Å². The van der Waals surface area contributed by atoms with E-state index in [1.807, 2.05) is 0 Å². The minimum Gasteiger partial charge on any atom is -0.478 e. The Bertz CT molecular complexity index is 584. The first-order valence-corrected chi connectivity index (χ1v) is 8.08. The summed E-state index contributed by atoms with van der Waals surface area (Å²) in [5, 5.41) is 14.8. The highest BCUT2D eigenvalue weighted by Gasteiger charge is 2.43. The minimum atomic E-state index is -0.964. The molecule has 23 heavy (non-hydrogen) atoms. The second-order valence-electron chi connectivity index (χ2n) is 6.29. The lowest BCUT2D eigenvalue weighted by Gasteiger charge is -2.22. The summed E-state index contributed by atoms with van der Waals surface area (Å²) in [5.41, 5.74) is 1.00. The van der Waals surface area contributed by atoms with Crippen LogP contribution < -0.4 is 10.6 Å². The first kappa shape index (κ1) is 15.8. The van der Waals surface area contributed by atoms with Crippen molar-refractivity contribution < 1.29 is 19.4 Å². The van der Waals surface area contributed by atoms with Gasteiger partial charge in [-0.2, -0.15) is 0 Å². The number of nitrogens with one attached hydrogen (secondary N) is 2. The predicted molar refractivity (Wildman–Crippen MR) is 84.2 cm³/mol. The second-order valence-corrected chi connectivity index (χ2v) is 6.29. The van der Waals surface area contributed by atoms with Crippen molar-refractivity contribution >= 4 is 12.0 Å². The predicted octanol–water partition coefficient (Wildman–Crippen LogP) is 2.00. The van der Waals surface area contributed by atoms with E-state index in [-0.39, 0.29) is 17.6 Å². The molecule has 6 heteroatoms. The number of amides is 2. The number of ether oxygens (including phenoxy) is 1. The number of carboxylic acids is 1. The van der Waals surface area contributed by atoms with Gasteiger partial charge in [-0.3, -0.25) is 0 Å². The van der Waals surface area contributed by atoms with E-state index in [4.69, 9.17) is 9.84 Å². The molecule has 1 aliphatic heterocycles. The standard InChI is InChI=1S/C17H22N2O4/c20-16(21)13-3-1-2-11(8-13)10-18-17(22)19-15-9-14(15)12-4-6-23-7-5-12/h1-3,8,12,14-15H,4-7,9-10H2,(H,20,21)(H2,18,19,22)/t14-,15+/m0/s1. The first-order valence-electron chi connectivity index (χ1n) is 8.08. The van der Waals surface area contributed by atoms with Crippen LogP contribution in [0.5, 0.6) is 0 Å². The van der Waals surface area contributed by atoms with Gasteiger partial charge in [0.15, 0.2) is 0 Å². The third-order valence-corrected chi connectivity index (χ3v) is 4.65. The van der Waals surface area contributed by atoms with Crippen molar-refractivity contribution in [3.05, 3.63) is 35.4 Å². The van der Waals surface area contributed by atoms with Gasteiger partial charge in [0.25, 0.3) is 0 Å². The number of carbonyl (C=O) groups is 2. The van der Waals surface area contributed by atoms with E-state index >= 15 is 0 Å². The van der Waals surface area contributed by atoms with Gasteiger partial charge < -0.3 is 20.5 Å². The molecule has 0 radical (unpaired) electrons. The number of carbonyl (C=O) groups excluding carboxylic acids is 1. The molecule has 6 nitrogen and oxygen atoms in total. The minimum absolute atomic E-state index is 0.190. The molecule has 1 aromatic rings. The summed E-state index contributed by atoms with van der Waals surface area (Å²) in [5.74, 6) is 0.287. The molecule has 0 bridgehead atoms. The highest BCUT2D eigenvalue weighted by Crippen LogP contribution is 2.41. The molecule has 1 aromatic carbocycles. The summed E-state index contributed by atoms with van der Waals surface area (Å²) in [7, 11) is 0. The van der Waals surface area contributed by atoms with Gasteiger partial charge >= 0.3 is 12.0 Å². The summed E-state index contributed by atoms with van der Waals surface area (Å²) in [4.78, 5) is 22.9. The van der Waals surface area contributed by atoms with Gasteiger partial charge in [0.05, 0.1) is 5.56 Å². The van der Waals surface area contributed by atoms with E-state index in [0.29, 0.717) is 18.4 Å². The molecule has 124 valence electrons. The number of rotatable bonds is 5. The molecular formula is C17H22N2O4. The fraction of sp³-hybridized carbons (Fsp3) is 0.529. The van der Waals surface area contributed by atoms with Crippen LogP contribution >= 0.6 is 0 Å². The molecule has 1 saturated heterocycles. The van der Waals surface area contributed by atoms with Crippen LogP contribution in [0.4, 0.5) is 4.79 Å². The van der Waals surface area contributed by atoms with Crippen molar-refractivity contribution in [2.45, 2.75) is 31.8 Å². The molecule has 1 heterocycles. The number of urea groups is 1. The quantitative estimate of drug-likeness (QED) is 0.775. The SMILES string of the molecule is O=C(NCc1cccc(C(=O)O)c1)N[C@@H]1C[C@H]1C1CCOCC1. The van der Waals surface area contributed by atoms with Crippen molar-refractivity contribution in [1.82, 2.24) is 10.6 Å². The van der Waals surface area contributed by atoms with E-state index in [9.17, 15) is 9.59 Å². The Morgan fingerprint density at radius 2 is 2.04 bits per heavy atom. The Morgan fingerprint density at radius 3 is 2.78 bits per heavy atom. The van der Waals surface area contributed by atoms with E-state index in [1.165, 1.54) is 6.07 Å². The number of hydrogen-bond acceptors (Lipinski definition) is 3. The van der Waals surface area contributed by atoms with Crippen LogP contribution in [0.1, 0.15) is 35.2 Å². The average Bonchev–Trinajstić information content (AvgIpc) is 3.33. The number of hydrogen-bond donors (Lipinski definition) is 3. The van der Waals surface area contributed by atoms with Crippen molar-refractivity contribution in [2.75, 3.05) is 13.2 Å². The maximum Gasteiger partial charge on any atom is 0.335 e. The molecule has 3 rings (SSSR count). The van der Waals surface area contributed by atoms with E-state index in [2.05, 4.69) is 10.6 Å². The summed E-state index contributed by atoms with van der Waals surface area (Å²) in [6.07, 6.45) is 3.23. The van der Waals surface area contributed by atoms with Crippen LogP contribution in [0, 0.1) is 11.8 Å². The van der Waals surface area contributed by atoms with E-state index in [1.54, 1.807) is 18.2 Å². The lowest BCUT2D eigenvalue weighted by atomic mass is 9.95. The Labute approximate surface area is 135 Å². The largest absolute Gasteiger partial charge is 0.478 e. The smallest absolute Gasteiger partial charge is 0.335 e. The zero-order chi connectivity index (χ0) is 16.2. The third kappa shape index (κ3) is 4.22. The summed E-state index contributed by atoms with van der Waals surface area (Å²) in [6.45, 7) is 1.99. The fourth-order valence-electron chi connectivity index (χ4n) is 3.26. The van der Waals surface area contributed by atoms with Gasteiger partial charge in [-0.25, -0.2) is 9.59 Å². The maximum atomic E-state index is 12.0. The molecule has 2 fully saturated rings. The Morgan fingerprint density at radius 1 is 1.26 bits per heavy atom. The number of carboxylic acid groups (broad SMARTS) is 1. The van der Waals surface area contributed by atoms with Gasteiger partial charge in [0.2, 0.25) is 0 Å². The van der Waals surface area contributed by atoms with Crippen LogP contribution in [-0.2, 0) is 11.3 Å². The van der Waals surface area contributed by atoms with Crippen LogP contribution in [0.25, 0.3) is 0 Å². The zero-order valence-corrected chi connectivity index (χ0v) is 13.0. The van der Waals surface area contributed by atoms with Crippen molar-refractivity contribution in [2.24, 2.45) is 11.8 Å². The molecule has 0 unspecified atom stereocenters. The Balaban J connectivity index is 1.42. The topological polar surface area (TPSA) is 87.7 Å². The number of aromatic carboxylic acids is 1. The summed E-state index contributed by atoms with van der Waals surface area (Å²) < 4.78 is 5.37. The molecule has 0 spiro atoms. The average molecular weight is 318 g/mol. The van der Waals surface area contributed by atoms with Crippen LogP contribution in [0.15, 0.2) is 24.3 Å². The van der Waals surface area contributed by atoms with E-state index in [0.717, 1.165) is 38.0 Å². The van der Waals surface area contributed by atoms with Gasteiger partial charge in [-0.05, 0) is 48.8 Å². The van der Waals surface area contributed by atoms with E-state index < -0.39 is 5.97 Å². The normalized spacial score (nSPS) is 24.0. The lowest BCUT2D eigenvalue weighted by Crippen LogP contribution is -2.37. The molecular weight excluding hydrogens is 296 g/mol. The van der Waals surface area contributed by atoms with Gasteiger partial charge in [0.1, 0.15) is 0 Å². The molecule has 3 N–H and O–H groups in total. The van der Waals surface area contributed by atoms with Gasteiger partial charge in [0, 0.05) is 25.8 Å². The molecule has 2 aliphatic rings. The van der Waals surface area contributed by atoms with Crippen LogP contribution in [-0.4, -0.2) is 36.4 Å². The fourth-order valence-corrected chi connectivity index (χ4v) is 3.26. The monoisotopic (exact) mass is 318 g/mol. The molecule has 0 aromatic heterocycles. The van der Waals surface area contributed by atoms with Crippen molar-refractivity contribution in [3.8, 4) is 0 Å². The van der Waals surface area contributed by atoms with Crippen molar-refractivity contribution in [1.29, 1.82) is 0 Å². The molecule has 1 aliphatic carbocycles. The van der Waals surface area contributed by atoms with Crippen LogP contribution in [0.2, 0.25) is 0 Å². The maximum absolute atomic E-state index is 12.0. The Hall–Kier alpha value is -2.08. The van der Waals surface area contributed by atoms with Gasteiger partial charge in [-0.15, -0.1) is 0 Å². The lowest BCUT2D eigenvalue weighted by molar-refractivity contribution is 0.0590. The highest BCUT2D eigenvalue weighted by molar-refractivity contribution is 5.87. The third-order valence-electron chi connectivity index (χ3n) is 4.65. The summed E-state index contributed by atoms with van der Waals surface area (Å²) in [6, 6.07) is 6.67. The molecule has 2 atom stereocenters.